The molecule has 0 rings (SSSR count). The summed E-state index contributed by atoms with van der Waals surface area (Å²) in [5.74, 6) is 0. The van der Waals surface area contributed by atoms with Crippen LogP contribution in [0.3, 0.4) is 0 Å². The van der Waals surface area contributed by atoms with Crippen molar-refractivity contribution in [2.24, 2.45) is 10.6 Å². The maximum absolute atomic E-state index is 8.58. The van der Waals surface area contributed by atoms with Crippen LogP contribution in [0.2, 0.25) is 0 Å². The van der Waals surface area contributed by atoms with Gasteiger partial charge in [0.05, 0.1) is 5.71 Å². The Balaban J connectivity index is 4.10. The second-order valence-electron chi connectivity index (χ2n) is 3.55. The van der Waals surface area contributed by atoms with E-state index >= 15 is 0 Å². The zero-order chi connectivity index (χ0) is 8.20. The molecule has 0 aromatic carbocycles. The molecular weight excluding hydrogens is 126 g/mol. The van der Waals surface area contributed by atoms with Crippen molar-refractivity contribution in [1.82, 2.24) is 0 Å². The Kier molecular flexibility index (Phi) is 3.40. The van der Waals surface area contributed by atoms with Crippen LogP contribution >= 0.6 is 0 Å². The minimum Gasteiger partial charge on any atom is -0.411 e. The molecule has 10 heavy (non-hydrogen) atoms. The van der Waals surface area contributed by atoms with Crippen LogP contribution in [0.1, 0.15) is 40.5 Å². The minimum atomic E-state index is 0.0186. The van der Waals surface area contributed by atoms with E-state index in [0.29, 0.717) is 0 Å². The Morgan fingerprint density at radius 2 is 1.90 bits per heavy atom. The third-order valence-electron chi connectivity index (χ3n) is 1.47. The quantitative estimate of drug-likeness (QED) is 0.360. The van der Waals surface area contributed by atoms with Crippen LogP contribution in [0.4, 0.5) is 0 Å². The van der Waals surface area contributed by atoms with E-state index in [1.165, 1.54) is 0 Å². The van der Waals surface area contributed by atoms with E-state index in [1.807, 2.05) is 0 Å². The molecule has 0 aromatic rings. The molecule has 0 saturated carbocycles. The minimum absolute atomic E-state index is 0.0186. The molecule has 0 spiro atoms. The molecule has 0 aliphatic heterocycles. The van der Waals surface area contributed by atoms with Gasteiger partial charge in [-0.05, 0) is 6.42 Å². The zero-order valence-electron chi connectivity index (χ0n) is 7.31. The number of oxime groups is 1. The second kappa shape index (κ2) is 3.59. The molecule has 0 aromatic heterocycles. The molecule has 0 atom stereocenters. The van der Waals surface area contributed by atoms with Crippen LogP contribution in [0.25, 0.3) is 0 Å². The van der Waals surface area contributed by atoms with Crippen LogP contribution in [0.5, 0.6) is 0 Å². The number of hydrogen-bond acceptors (Lipinski definition) is 2. The van der Waals surface area contributed by atoms with Gasteiger partial charge in [-0.3, -0.25) is 0 Å². The molecule has 0 amide bonds. The summed E-state index contributed by atoms with van der Waals surface area (Å²) in [4.78, 5) is 0. The Morgan fingerprint density at radius 3 is 2.00 bits per heavy atom. The molecule has 0 saturated heterocycles. The molecule has 0 aliphatic carbocycles. The summed E-state index contributed by atoms with van der Waals surface area (Å²) in [6, 6.07) is 0. The Hall–Kier alpha value is -0.530. The molecule has 2 nitrogen and oxygen atoms in total. The fourth-order valence-corrected chi connectivity index (χ4v) is 0.812. The maximum atomic E-state index is 8.58. The van der Waals surface area contributed by atoms with Crippen molar-refractivity contribution in [3.8, 4) is 0 Å². The van der Waals surface area contributed by atoms with Crippen molar-refractivity contribution in [3.63, 3.8) is 0 Å². The monoisotopic (exact) mass is 143 g/mol. The van der Waals surface area contributed by atoms with Crippen molar-refractivity contribution < 1.29 is 5.21 Å². The van der Waals surface area contributed by atoms with Crippen LogP contribution in [0, 0.1) is 5.41 Å². The Bertz CT molecular complexity index is 122. The fraction of sp³-hybridized carbons (Fsp3) is 0.875. The standard InChI is InChI=1S/C8H17NO/c1-5-6-7(9-10)8(2,3)4/h10H,5-6H2,1-4H3/b9-7+. The van der Waals surface area contributed by atoms with Gasteiger partial charge in [0.1, 0.15) is 0 Å². The van der Waals surface area contributed by atoms with Gasteiger partial charge in [-0.1, -0.05) is 39.3 Å². The number of nitrogens with zero attached hydrogens (tertiary/aromatic N) is 1. The Labute approximate surface area is 62.9 Å². The van der Waals surface area contributed by atoms with Gasteiger partial charge in [-0.2, -0.15) is 0 Å². The van der Waals surface area contributed by atoms with Gasteiger partial charge in [-0.15, -0.1) is 0 Å². The average Bonchev–Trinajstić information content (AvgIpc) is 1.80. The molecule has 2 heteroatoms. The normalized spacial score (nSPS) is 13.8. The van der Waals surface area contributed by atoms with E-state index in [9.17, 15) is 0 Å². The highest BCUT2D eigenvalue weighted by atomic mass is 16.4. The zero-order valence-corrected chi connectivity index (χ0v) is 7.31. The van der Waals surface area contributed by atoms with Crippen molar-refractivity contribution in [1.29, 1.82) is 0 Å². The Morgan fingerprint density at radius 1 is 1.40 bits per heavy atom. The van der Waals surface area contributed by atoms with Crippen molar-refractivity contribution in [2.45, 2.75) is 40.5 Å². The van der Waals surface area contributed by atoms with E-state index in [0.717, 1.165) is 18.6 Å². The van der Waals surface area contributed by atoms with E-state index in [2.05, 4.69) is 32.9 Å². The van der Waals surface area contributed by atoms with E-state index < -0.39 is 0 Å². The molecule has 0 fully saturated rings. The summed E-state index contributed by atoms with van der Waals surface area (Å²) in [5, 5.41) is 11.8. The summed E-state index contributed by atoms with van der Waals surface area (Å²) in [7, 11) is 0. The predicted octanol–water partition coefficient (Wildman–Crippen LogP) is 2.66. The lowest BCUT2D eigenvalue weighted by Gasteiger charge is -2.18. The van der Waals surface area contributed by atoms with Gasteiger partial charge < -0.3 is 5.21 Å². The van der Waals surface area contributed by atoms with E-state index in [1.54, 1.807) is 0 Å². The average molecular weight is 143 g/mol. The summed E-state index contributed by atoms with van der Waals surface area (Å²) < 4.78 is 0. The molecular formula is C8H17NO. The third-order valence-corrected chi connectivity index (χ3v) is 1.47. The first-order valence-electron chi connectivity index (χ1n) is 3.73. The summed E-state index contributed by atoms with van der Waals surface area (Å²) in [5.41, 5.74) is 0.903. The smallest absolute Gasteiger partial charge is 0.0624 e. The van der Waals surface area contributed by atoms with Gasteiger partial charge in [0.25, 0.3) is 0 Å². The first kappa shape index (κ1) is 9.47. The molecule has 0 heterocycles. The molecule has 1 N–H and O–H groups in total. The third kappa shape index (κ3) is 2.85. The van der Waals surface area contributed by atoms with Gasteiger partial charge in [0.2, 0.25) is 0 Å². The van der Waals surface area contributed by atoms with Crippen molar-refractivity contribution >= 4 is 5.71 Å². The largest absolute Gasteiger partial charge is 0.411 e. The van der Waals surface area contributed by atoms with Crippen molar-refractivity contribution in [3.05, 3.63) is 0 Å². The fourth-order valence-electron chi connectivity index (χ4n) is 0.812. The molecule has 0 unspecified atom stereocenters. The van der Waals surface area contributed by atoms with Gasteiger partial charge >= 0.3 is 0 Å². The highest BCUT2D eigenvalue weighted by molar-refractivity contribution is 5.88. The predicted molar refractivity (Wildman–Crippen MR) is 43.6 cm³/mol. The van der Waals surface area contributed by atoms with Gasteiger partial charge in [-0.25, -0.2) is 0 Å². The summed E-state index contributed by atoms with van der Waals surface area (Å²) >= 11 is 0. The first-order valence-corrected chi connectivity index (χ1v) is 3.73. The lowest BCUT2D eigenvalue weighted by Crippen LogP contribution is -2.19. The molecule has 0 aliphatic rings. The summed E-state index contributed by atoms with van der Waals surface area (Å²) in [6.07, 6.45) is 1.93. The number of rotatable bonds is 2. The molecule has 0 bridgehead atoms. The van der Waals surface area contributed by atoms with Crippen LogP contribution in [0.15, 0.2) is 5.16 Å². The van der Waals surface area contributed by atoms with Crippen LogP contribution < -0.4 is 0 Å². The first-order chi connectivity index (χ1) is 4.52. The van der Waals surface area contributed by atoms with Crippen molar-refractivity contribution in [2.75, 3.05) is 0 Å². The maximum Gasteiger partial charge on any atom is 0.0624 e. The van der Waals surface area contributed by atoms with Crippen LogP contribution in [-0.2, 0) is 0 Å². The molecule has 60 valence electrons. The van der Waals surface area contributed by atoms with E-state index in [4.69, 9.17) is 5.21 Å². The number of hydrogen-bond donors (Lipinski definition) is 1. The van der Waals surface area contributed by atoms with Gasteiger partial charge in [0, 0.05) is 5.41 Å². The highest BCUT2D eigenvalue weighted by Crippen LogP contribution is 2.18. The topological polar surface area (TPSA) is 32.6 Å². The highest BCUT2D eigenvalue weighted by Gasteiger charge is 2.17. The van der Waals surface area contributed by atoms with Crippen LogP contribution in [-0.4, -0.2) is 10.9 Å². The second-order valence-corrected chi connectivity index (χ2v) is 3.55. The summed E-state index contributed by atoms with van der Waals surface area (Å²) in [6.45, 7) is 8.24. The SMILES string of the molecule is CCC/C(=N\O)C(C)(C)C. The van der Waals surface area contributed by atoms with Gasteiger partial charge in [0.15, 0.2) is 0 Å². The van der Waals surface area contributed by atoms with E-state index in [-0.39, 0.29) is 5.41 Å². The lowest BCUT2D eigenvalue weighted by atomic mass is 9.87. The molecule has 0 radical (unpaired) electrons. The lowest BCUT2D eigenvalue weighted by molar-refractivity contribution is 0.308.